The molecule has 23 heavy (non-hydrogen) atoms. The van der Waals surface area contributed by atoms with E-state index in [0.29, 0.717) is 18.3 Å². The highest BCUT2D eigenvalue weighted by Gasteiger charge is 2.33. The van der Waals surface area contributed by atoms with Crippen LogP contribution in [-0.4, -0.2) is 32.9 Å². The minimum Gasteiger partial charge on any atom is -0.337 e. The zero-order valence-corrected chi connectivity index (χ0v) is 14.1. The molecule has 2 atom stereocenters. The molecule has 0 bridgehead atoms. The molecule has 0 spiro atoms. The van der Waals surface area contributed by atoms with E-state index in [0.717, 1.165) is 24.8 Å². The molecule has 1 aliphatic rings. The van der Waals surface area contributed by atoms with E-state index in [1.54, 1.807) is 11.8 Å². The molecule has 2 unspecified atom stereocenters. The summed E-state index contributed by atoms with van der Waals surface area (Å²) in [5.74, 6) is 0.967. The van der Waals surface area contributed by atoms with Crippen LogP contribution in [0.25, 0.3) is 11.4 Å². The fraction of sp³-hybridized carbons (Fsp3) is 0.471. The molecule has 1 amide bonds. The Labute approximate surface area is 140 Å². The molecule has 0 aliphatic carbocycles. The number of aromatic nitrogens is 2. The topological polar surface area (TPSA) is 59.2 Å². The SMILES string of the molecule is Cc1ccc(-c2noc(C3CCCCN3C(=O)C(C)Cl)n2)cc1. The largest absolute Gasteiger partial charge is 0.337 e. The van der Waals surface area contributed by atoms with Crippen LogP contribution >= 0.6 is 11.6 Å². The summed E-state index contributed by atoms with van der Waals surface area (Å²) in [7, 11) is 0. The van der Waals surface area contributed by atoms with E-state index in [1.165, 1.54) is 5.56 Å². The minimum absolute atomic E-state index is 0.0774. The molecule has 0 N–H and O–H groups in total. The zero-order valence-electron chi connectivity index (χ0n) is 13.3. The van der Waals surface area contributed by atoms with Gasteiger partial charge < -0.3 is 9.42 Å². The van der Waals surface area contributed by atoms with Gasteiger partial charge in [0.2, 0.25) is 17.6 Å². The Morgan fingerprint density at radius 1 is 1.35 bits per heavy atom. The van der Waals surface area contributed by atoms with Gasteiger partial charge >= 0.3 is 0 Å². The smallest absolute Gasteiger partial charge is 0.249 e. The molecule has 1 aliphatic heterocycles. The van der Waals surface area contributed by atoms with Gasteiger partial charge in [0.1, 0.15) is 11.4 Å². The molecular weight excluding hydrogens is 314 g/mol. The van der Waals surface area contributed by atoms with E-state index in [-0.39, 0.29) is 11.9 Å². The third-order valence-corrected chi connectivity index (χ3v) is 4.35. The molecule has 2 heterocycles. The molecule has 122 valence electrons. The van der Waals surface area contributed by atoms with Crippen molar-refractivity contribution < 1.29 is 9.32 Å². The fourth-order valence-electron chi connectivity index (χ4n) is 2.87. The van der Waals surface area contributed by atoms with Gasteiger partial charge in [0.05, 0.1) is 0 Å². The van der Waals surface area contributed by atoms with Gasteiger partial charge in [0.15, 0.2) is 0 Å². The van der Waals surface area contributed by atoms with Gasteiger partial charge in [-0.15, -0.1) is 11.6 Å². The average molecular weight is 334 g/mol. The first-order chi connectivity index (χ1) is 11.1. The van der Waals surface area contributed by atoms with Crippen LogP contribution < -0.4 is 0 Å². The van der Waals surface area contributed by atoms with Crippen LogP contribution in [0.4, 0.5) is 0 Å². The maximum atomic E-state index is 12.3. The Hall–Kier alpha value is -1.88. The molecule has 3 rings (SSSR count). The summed E-state index contributed by atoms with van der Waals surface area (Å²) in [6.07, 6.45) is 2.84. The van der Waals surface area contributed by atoms with Crippen molar-refractivity contribution in [3.63, 3.8) is 0 Å². The Kier molecular flexibility index (Phi) is 4.66. The first kappa shape index (κ1) is 16.0. The Morgan fingerprint density at radius 3 is 2.78 bits per heavy atom. The number of nitrogens with zero attached hydrogens (tertiary/aromatic N) is 3. The highest BCUT2D eigenvalue weighted by molar-refractivity contribution is 6.30. The van der Waals surface area contributed by atoms with Crippen LogP contribution in [0.2, 0.25) is 0 Å². The lowest BCUT2D eigenvalue weighted by molar-refractivity contribution is -0.135. The number of benzene rings is 1. The van der Waals surface area contributed by atoms with Crippen molar-refractivity contribution in [3.05, 3.63) is 35.7 Å². The monoisotopic (exact) mass is 333 g/mol. The quantitative estimate of drug-likeness (QED) is 0.803. The molecular formula is C17H20ClN3O2. The van der Waals surface area contributed by atoms with Gasteiger partial charge in [-0.3, -0.25) is 4.79 Å². The van der Waals surface area contributed by atoms with Crippen molar-refractivity contribution >= 4 is 17.5 Å². The van der Waals surface area contributed by atoms with Crippen LogP contribution in [0.15, 0.2) is 28.8 Å². The number of aryl methyl sites for hydroxylation is 1. The van der Waals surface area contributed by atoms with E-state index in [2.05, 4.69) is 10.1 Å². The van der Waals surface area contributed by atoms with Crippen LogP contribution in [0.3, 0.4) is 0 Å². The van der Waals surface area contributed by atoms with E-state index in [9.17, 15) is 4.79 Å². The summed E-state index contributed by atoms with van der Waals surface area (Å²) >= 11 is 5.97. The van der Waals surface area contributed by atoms with Crippen LogP contribution in [0.1, 0.15) is 43.7 Å². The predicted molar refractivity (Wildman–Crippen MR) is 88.1 cm³/mol. The van der Waals surface area contributed by atoms with Gasteiger partial charge in [0, 0.05) is 12.1 Å². The van der Waals surface area contributed by atoms with E-state index in [1.807, 2.05) is 31.2 Å². The molecule has 2 aromatic rings. The van der Waals surface area contributed by atoms with Crippen LogP contribution in [-0.2, 0) is 4.79 Å². The third-order valence-electron chi connectivity index (χ3n) is 4.16. The van der Waals surface area contributed by atoms with Crippen molar-refractivity contribution in [1.82, 2.24) is 15.0 Å². The molecule has 0 saturated carbocycles. The number of amides is 1. The molecule has 1 saturated heterocycles. The lowest BCUT2D eigenvalue weighted by Gasteiger charge is -2.34. The molecule has 6 heteroatoms. The Morgan fingerprint density at radius 2 is 2.09 bits per heavy atom. The first-order valence-electron chi connectivity index (χ1n) is 7.91. The molecule has 1 fully saturated rings. The summed E-state index contributed by atoms with van der Waals surface area (Å²) < 4.78 is 5.45. The number of alkyl halides is 1. The number of rotatable bonds is 3. The lowest BCUT2D eigenvalue weighted by atomic mass is 10.0. The summed E-state index contributed by atoms with van der Waals surface area (Å²) in [4.78, 5) is 18.6. The molecule has 5 nitrogen and oxygen atoms in total. The van der Waals surface area contributed by atoms with Gasteiger partial charge in [-0.05, 0) is 33.1 Å². The summed E-state index contributed by atoms with van der Waals surface area (Å²) in [5.41, 5.74) is 2.09. The normalized spacial score (nSPS) is 19.6. The van der Waals surface area contributed by atoms with E-state index >= 15 is 0 Å². The van der Waals surface area contributed by atoms with Gasteiger partial charge in [-0.25, -0.2) is 0 Å². The highest BCUT2D eigenvalue weighted by atomic mass is 35.5. The maximum absolute atomic E-state index is 12.3. The van der Waals surface area contributed by atoms with Crippen molar-refractivity contribution in [2.75, 3.05) is 6.54 Å². The van der Waals surface area contributed by atoms with E-state index in [4.69, 9.17) is 16.1 Å². The summed E-state index contributed by atoms with van der Waals surface area (Å²) in [6.45, 7) is 4.41. The Balaban J connectivity index is 1.85. The minimum atomic E-state index is -0.546. The van der Waals surface area contributed by atoms with E-state index < -0.39 is 5.38 Å². The second-order valence-electron chi connectivity index (χ2n) is 5.98. The summed E-state index contributed by atoms with van der Waals surface area (Å²) in [6, 6.07) is 7.78. The van der Waals surface area contributed by atoms with Crippen LogP contribution in [0, 0.1) is 6.92 Å². The number of piperidine rings is 1. The lowest BCUT2D eigenvalue weighted by Crippen LogP contribution is -2.41. The van der Waals surface area contributed by atoms with Crippen LogP contribution in [0.5, 0.6) is 0 Å². The highest BCUT2D eigenvalue weighted by Crippen LogP contribution is 2.32. The second-order valence-corrected chi connectivity index (χ2v) is 6.64. The predicted octanol–water partition coefficient (Wildman–Crippen LogP) is 3.73. The van der Waals surface area contributed by atoms with Crippen molar-refractivity contribution in [1.29, 1.82) is 0 Å². The van der Waals surface area contributed by atoms with Crippen molar-refractivity contribution in [3.8, 4) is 11.4 Å². The number of carbonyl (C=O) groups is 1. The van der Waals surface area contributed by atoms with Gasteiger partial charge in [-0.1, -0.05) is 35.0 Å². The maximum Gasteiger partial charge on any atom is 0.249 e. The Bertz CT molecular complexity index is 681. The fourth-order valence-corrected chi connectivity index (χ4v) is 3.00. The zero-order chi connectivity index (χ0) is 16.4. The van der Waals surface area contributed by atoms with Crippen molar-refractivity contribution in [2.45, 2.75) is 44.5 Å². The molecule has 0 radical (unpaired) electrons. The standard InChI is InChI=1S/C17H20ClN3O2/c1-11-6-8-13(9-7-11)15-19-16(23-20-15)14-5-3-4-10-21(14)17(22)12(2)18/h6-9,12,14H,3-5,10H2,1-2H3. The van der Waals surface area contributed by atoms with Gasteiger partial charge in [0.25, 0.3) is 0 Å². The number of hydrogen-bond acceptors (Lipinski definition) is 4. The second kappa shape index (κ2) is 6.71. The number of hydrogen-bond donors (Lipinski definition) is 0. The van der Waals surface area contributed by atoms with Crippen molar-refractivity contribution in [2.24, 2.45) is 0 Å². The third kappa shape index (κ3) is 3.39. The first-order valence-corrected chi connectivity index (χ1v) is 8.35. The molecule has 1 aromatic heterocycles. The number of carbonyl (C=O) groups excluding carboxylic acids is 1. The number of halogens is 1. The van der Waals surface area contributed by atoms with Gasteiger partial charge in [-0.2, -0.15) is 4.98 Å². The summed E-state index contributed by atoms with van der Waals surface area (Å²) in [5, 5.41) is 3.53. The average Bonchev–Trinajstić information content (AvgIpc) is 3.04. The number of likely N-dealkylation sites (tertiary alicyclic amines) is 1. The molecule has 1 aromatic carbocycles.